The van der Waals surface area contributed by atoms with Crippen LogP contribution in [0.25, 0.3) is 0 Å². The van der Waals surface area contributed by atoms with Gasteiger partial charge in [-0.3, -0.25) is 4.79 Å². The molecule has 0 heterocycles. The van der Waals surface area contributed by atoms with Crippen molar-refractivity contribution in [2.24, 2.45) is 0 Å². The van der Waals surface area contributed by atoms with Crippen molar-refractivity contribution in [2.45, 2.75) is 13.8 Å². The van der Waals surface area contributed by atoms with Gasteiger partial charge in [0.05, 0.1) is 0 Å². The van der Waals surface area contributed by atoms with Crippen molar-refractivity contribution in [1.82, 2.24) is 0 Å². The third-order valence-corrected chi connectivity index (χ3v) is 1.80. The highest BCUT2D eigenvalue weighted by molar-refractivity contribution is 6.65. The topological polar surface area (TPSA) is 29.1 Å². The molecule has 3 heteroatoms. The second-order valence-corrected chi connectivity index (χ2v) is 3.01. The summed E-state index contributed by atoms with van der Waals surface area (Å²) in [4.78, 5) is 10.6. The first-order chi connectivity index (χ1) is 5.61. The van der Waals surface area contributed by atoms with Gasteiger partial charge in [-0.1, -0.05) is 18.2 Å². The lowest BCUT2D eigenvalue weighted by atomic mass is 10.1. The predicted molar refractivity (Wildman–Crippen MR) is 50.8 cm³/mol. The lowest BCUT2D eigenvalue weighted by molar-refractivity contribution is 0.269. The number of benzene rings is 1. The van der Waals surface area contributed by atoms with E-state index < -0.39 is 5.37 Å². The van der Waals surface area contributed by atoms with Gasteiger partial charge in [0, 0.05) is 5.69 Å². The zero-order valence-electron chi connectivity index (χ0n) is 7.02. The van der Waals surface area contributed by atoms with E-state index in [-0.39, 0.29) is 0 Å². The fourth-order valence-electron chi connectivity index (χ4n) is 1.11. The quantitative estimate of drug-likeness (QED) is 0.526. The van der Waals surface area contributed by atoms with E-state index in [4.69, 9.17) is 11.6 Å². The van der Waals surface area contributed by atoms with Crippen molar-refractivity contribution >= 4 is 22.7 Å². The van der Waals surface area contributed by atoms with Gasteiger partial charge < -0.3 is 5.32 Å². The number of anilines is 1. The number of para-hydroxylation sites is 1. The van der Waals surface area contributed by atoms with Gasteiger partial charge in [0.2, 0.25) is 0 Å². The molecule has 64 valence electrons. The molecule has 1 rings (SSSR count). The Balaban J connectivity index is 3.04. The molecule has 1 aromatic carbocycles. The molecule has 0 aliphatic heterocycles. The van der Waals surface area contributed by atoms with Crippen LogP contribution in [0.5, 0.6) is 0 Å². The zero-order chi connectivity index (χ0) is 9.14. The van der Waals surface area contributed by atoms with E-state index in [9.17, 15) is 4.79 Å². The number of amides is 1. The van der Waals surface area contributed by atoms with E-state index in [1.54, 1.807) is 0 Å². The molecule has 1 aromatic rings. The molecule has 0 aliphatic rings. The maximum Gasteiger partial charge on any atom is 0.318 e. The monoisotopic (exact) mass is 183 g/mol. The Labute approximate surface area is 76.5 Å². The van der Waals surface area contributed by atoms with Crippen molar-refractivity contribution in [1.29, 1.82) is 0 Å². The number of halogens is 1. The normalized spacial score (nSPS) is 9.58. The number of aryl methyl sites for hydroxylation is 2. The van der Waals surface area contributed by atoms with Crippen LogP contribution in [0.3, 0.4) is 0 Å². The molecule has 1 amide bonds. The van der Waals surface area contributed by atoms with Crippen LogP contribution >= 0.6 is 11.6 Å². The van der Waals surface area contributed by atoms with Crippen molar-refractivity contribution in [3.63, 3.8) is 0 Å². The van der Waals surface area contributed by atoms with E-state index in [1.165, 1.54) is 0 Å². The van der Waals surface area contributed by atoms with E-state index in [0.29, 0.717) is 0 Å². The van der Waals surface area contributed by atoms with Crippen LogP contribution in [-0.4, -0.2) is 5.37 Å². The van der Waals surface area contributed by atoms with E-state index in [2.05, 4.69) is 5.32 Å². The summed E-state index contributed by atoms with van der Waals surface area (Å²) in [6.07, 6.45) is 0. The van der Waals surface area contributed by atoms with Gasteiger partial charge in [-0.2, -0.15) is 0 Å². The number of rotatable bonds is 1. The van der Waals surface area contributed by atoms with Gasteiger partial charge in [-0.25, -0.2) is 0 Å². The van der Waals surface area contributed by atoms with Crippen LogP contribution in [0.15, 0.2) is 18.2 Å². The molecule has 0 fully saturated rings. The van der Waals surface area contributed by atoms with E-state index in [1.807, 2.05) is 32.0 Å². The molecule has 2 nitrogen and oxygen atoms in total. The lowest BCUT2D eigenvalue weighted by Crippen LogP contribution is -2.04. The molecule has 0 bridgehead atoms. The Hall–Kier alpha value is -1.02. The highest BCUT2D eigenvalue weighted by Gasteiger charge is 2.03. The average molecular weight is 184 g/mol. The number of hydrogen-bond acceptors (Lipinski definition) is 1. The third kappa shape index (κ3) is 1.98. The first-order valence-electron chi connectivity index (χ1n) is 3.64. The molecule has 1 N–H and O–H groups in total. The molecular weight excluding hydrogens is 174 g/mol. The minimum Gasteiger partial charge on any atom is -0.312 e. The SMILES string of the molecule is Cc1cccc(C)c1NC(=O)Cl. The Morgan fingerprint density at radius 2 is 1.83 bits per heavy atom. The van der Waals surface area contributed by atoms with Gasteiger partial charge in [-0.05, 0) is 36.6 Å². The molecule has 0 atom stereocenters. The first kappa shape index (κ1) is 9.07. The summed E-state index contributed by atoms with van der Waals surface area (Å²) >= 11 is 5.21. The van der Waals surface area contributed by atoms with Crippen LogP contribution in [0.1, 0.15) is 11.1 Å². The smallest absolute Gasteiger partial charge is 0.312 e. The van der Waals surface area contributed by atoms with E-state index >= 15 is 0 Å². The number of carbonyl (C=O) groups excluding carboxylic acids is 1. The summed E-state index contributed by atoms with van der Waals surface area (Å²) in [6, 6.07) is 5.79. The maximum absolute atomic E-state index is 10.6. The molecule has 0 radical (unpaired) electrons. The standard InChI is InChI=1S/C9H10ClNO/c1-6-4-3-5-7(2)8(6)11-9(10)12/h3-5H,1-2H3,(H,11,12). The lowest BCUT2D eigenvalue weighted by Gasteiger charge is -2.07. The summed E-state index contributed by atoms with van der Waals surface area (Å²) in [7, 11) is 0. The second-order valence-electron chi connectivity index (χ2n) is 2.67. The largest absolute Gasteiger partial charge is 0.318 e. The van der Waals surface area contributed by atoms with Gasteiger partial charge in [0.25, 0.3) is 0 Å². The molecule has 0 unspecified atom stereocenters. The van der Waals surface area contributed by atoms with Gasteiger partial charge in [-0.15, -0.1) is 0 Å². The second kappa shape index (κ2) is 3.59. The molecular formula is C9H10ClNO. The summed E-state index contributed by atoms with van der Waals surface area (Å²) in [5.74, 6) is 0. The summed E-state index contributed by atoms with van der Waals surface area (Å²) in [6.45, 7) is 3.85. The molecule has 0 aromatic heterocycles. The van der Waals surface area contributed by atoms with Crippen LogP contribution < -0.4 is 5.32 Å². The summed E-state index contributed by atoms with van der Waals surface area (Å²) in [5.41, 5.74) is 2.84. The van der Waals surface area contributed by atoms with Gasteiger partial charge in [0.1, 0.15) is 0 Å². The van der Waals surface area contributed by atoms with Gasteiger partial charge >= 0.3 is 5.37 Å². The first-order valence-corrected chi connectivity index (χ1v) is 4.02. The number of hydrogen-bond donors (Lipinski definition) is 1. The highest BCUT2D eigenvalue weighted by Crippen LogP contribution is 2.19. The van der Waals surface area contributed by atoms with Crippen molar-refractivity contribution in [3.8, 4) is 0 Å². The molecule has 0 spiro atoms. The van der Waals surface area contributed by atoms with Gasteiger partial charge in [0.15, 0.2) is 0 Å². The molecule has 0 saturated carbocycles. The van der Waals surface area contributed by atoms with Crippen molar-refractivity contribution in [2.75, 3.05) is 5.32 Å². The minimum atomic E-state index is -0.549. The Morgan fingerprint density at radius 1 is 1.33 bits per heavy atom. The Kier molecular flexibility index (Phi) is 2.71. The third-order valence-electron chi connectivity index (χ3n) is 1.70. The Morgan fingerprint density at radius 3 is 2.25 bits per heavy atom. The van der Waals surface area contributed by atoms with Crippen LogP contribution in [0, 0.1) is 13.8 Å². The summed E-state index contributed by atoms with van der Waals surface area (Å²) < 4.78 is 0. The van der Waals surface area contributed by atoms with Crippen LogP contribution in [-0.2, 0) is 0 Å². The zero-order valence-corrected chi connectivity index (χ0v) is 7.77. The predicted octanol–water partition coefficient (Wildman–Crippen LogP) is 3.07. The molecule has 12 heavy (non-hydrogen) atoms. The minimum absolute atomic E-state index is 0.549. The Bertz CT molecular complexity index is 289. The number of nitrogens with one attached hydrogen (secondary N) is 1. The highest BCUT2D eigenvalue weighted by atomic mass is 35.5. The van der Waals surface area contributed by atoms with Crippen molar-refractivity contribution in [3.05, 3.63) is 29.3 Å². The number of carbonyl (C=O) groups is 1. The summed E-state index contributed by atoms with van der Waals surface area (Å²) in [5, 5.41) is 2.02. The fraction of sp³-hybridized carbons (Fsp3) is 0.222. The van der Waals surface area contributed by atoms with Crippen LogP contribution in [0.4, 0.5) is 10.5 Å². The average Bonchev–Trinajstić information content (AvgIpc) is 1.97. The van der Waals surface area contributed by atoms with Crippen molar-refractivity contribution < 1.29 is 4.79 Å². The molecule has 0 saturated heterocycles. The fourth-order valence-corrected chi connectivity index (χ4v) is 1.20. The maximum atomic E-state index is 10.6. The van der Waals surface area contributed by atoms with E-state index in [0.717, 1.165) is 16.8 Å². The van der Waals surface area contributed by atoms with Crippen LogP contribution in [0.2, 0.25) is 0 Å². The molecule has 0 aliphatic carbocycles.